The molecule has 3 atom stereocenters. The summed E-state index contributed by atoms with van der Waals surface area (Å²) in [5.74, 6) is 2.32. The highest BCUT2D eigenvalue weighted by Crippen LogP contribution is 2.58. The summed E-state index contributed by atoms with van der Waals surface area (Å²) in [6.45, 7) is 1.22. The Morgan fingerprint density at radius 3 is 2.56 bits per heavy atom. The molecule has 3 aliphatic heterocycles. The van der Waals surface area contributed by atoms with E-state index in [0.29, 0.717) is 45.8 Å². The van der Waals surface area contributed by atoms with Crippen LogP contribution in [-0.4, -0.2) is 31.1 Å². The summed E-state index contributed by atoms with van der Waals surface area (Å²) in [5, 5.41) is 7.23. The van der Waals surface area contributed by atoms with Crippen LogP contribution >= 0.6 is 23.2 Å². The second-order valence-electron chi connectivity index (χ2n) is 10.2. The number of ether oxygens (including phenoxy) is 2. The van der Waals surface area contributed by atoms with Crippen LogP contribution in [0.15, 0.2) is 60.7 Å². The van der Waals surface area contributed by atoms with E-state index in [2.05, 4.69) is 16.6 Å². The predicted octanol–water partition coefficient (Wildman–Crippen LogP) is 5.77. The zero-order chi connectivity index (χ0) is 27.1. The van der Waals surface area contributed by atoms with Gasteiger partial charge in [-0.1, -0.05) is 47.3 Å². The Balaban J connectivity index is 1.59. The average molecular weight is 561 g/mol. The van der Waals surface area contributed by atoms with Crippen LogP contribution in [0.2, 0.25) is 10.0 Å². The molecule has 3 aromatic rings. The Kier molecular flexibility index (Phi) is 6.76. The van der Waals surface area contributed by atoms with E-state index in [1.54, 1.807) is 18.2 Å². The smallest absolute Gasteiger partial charge is 0.238 e. The summed E-state index contributed by atoms with van der Waals surface area (Å²) >= 11 is 12.7. The molecule has 3 aromatic carbocycles. The van der Waals surface area contributed by atoms with Gasteiger partial charge in [0.1, 0.15) is 17.3 Å². The van der Waals surface area contributed by atoms with Crippen molar-refractivity contribution < 1.29 is 19.1 Å². The predicted molar refractivity (Wildman–Crippen MR) is 150 cm³/mol. The Morgan fingerprint density at radius 2 is 1.79 bits per heavy atom. The zero-order valence-electron chi connectivity index (χ0n) is 21.0. The molecule has 0 saturated carbocycles. The van der Waals surface area contributed by atoms with Crippen LogP contribution in [-0.2, 0) is 19.7 Å². The SMILES string of the molecule is C#Cc1ccc(OC2CCOCC2)c(C2NC(=O)CC(c3cccc(Cl)c3)C23C(=O)Nc2cc(Cl)ccc23)c1. The van der Waals surface area contributed by atoms with Gasteiger partial charge in [-0.25, -0.2) is 0 Å². The number of anilines is 1. The molecule has 2 amide bonds. The molecule has 3 aliphatic rings. The fraction of sp³-hybridized carbons (Fsp3) is 0.290. The minimum atomic E-state index is -1.22. The third-order valence-electron chi connectivity index (χ3n) is 7.95. The number of hydrogen-bond donors (Lipinski definition) is 2. The van der Waals surface area contributed by atoms with Crippen LogP contribution in [0.4, 0.5) is 5.69 Å². The van der Waals surface area contributed by atoms with E-state index < -0.39 is 17.4 Å². The molecule has 6 rings (SSSR count). The number of benzene rings is 3. The first-order valence-electron chi connectivity index (χ1n) is 12.9. The number of hydrogen-bond acceptors (Lipinski definition) is 4. The van der Waals surface area contributed by atoms with Gasteiger partial charge in [-0.2, -0.15) is 0 Å². The summed E-state index contributed by atoms with van der Waals surface area (Å²) in [7, 11) is 0. The van der Waals surface area contributed by atoms with Gasteiger partial charge in [0.05, 0.1) is 19.3 Å². The molecule has 2 saturated heterocycles. The van der Waals surface area contributed by atoms with Crippen molar-refractivity contribution in [3.63, 3.8) is 0 Å². The highest BCUT2D eigenvalue weighted by molar-refractivity contribution is 6.31. The van der Waals surface area contributed by atoms with Crippen LogP contribution < -0.4 is 15.4 Å². The molecule has 0 aromatic heterocycles. The van der Waals surface area contributed by atoms with Gasteiger partial charge in [-0.3, -0.25) is 9.59 Å². The molecule has 0 radical (unpaired) electrons. The Hall–Kier alpha value is -3.50. The maximum Gasteiger partial charge on any atom is 0.238 e. The lowest BCUT2D eigenvalue weighted by molar-refractivity contribution is -0.131. The van der Waals surface area contributed by atoms with Gasteiger partial charge in [0.2, 0.25) is 11.8 Å². The largest absolute Gasteiger partial charge is 0.490 e. The van der Waals surface area contributed by atoms with E-state index in [9.17, 15) is 9.59 Å². The third kappa shape index (κ3) is 4.45. The van der Waals surface area contributed by atoms with Crippen LogP contribution in [0, 0.1) is 12.3 Å². The monoisotopic (exact) mass is 560 g/mol. The Morgan fingerprint density at radius 1 is 1.00 bits per heavy atom. The summed E-state index contributed by atoms with van der Waals surface area (Å²) in [5.41, 5.74) is 2.19. The number of nitrogens with one attached hydrogen (secondary N) is 2. The molecule has 3 unspecified atom stereocenters. The number of halogens is 2. The van der Waals surface area contributed by atoms with Crippen LogP contribution in [0.1, 0.15) is 53.5 Å². The number of terminal acetylenes is 1. The summed E-state index contributed by atoms with van der Waals surface area (Å²) < 4.78 is 12.0. The topological polar surface area (TPSA) is 76.7 Å². The highest BCUT2D eigenvalue weighted by Gasteiger charge is 2.61. The first kappa shape index (κ1) is 25.8. The first-order valence-corrected chi connectivity index (χ1v) is 13.7. The molecule has 3 heterocycles. The number of carbonyl (C=O) groups excluding carboxylic acids is 2. The van der Waals surface area contributed by atoms with Crippen molar-refractivity contribution >= 4 is 40.7 Å². The second kappa shape index (κ2) is 10.2. The molecule has 0 bridgehead atoms. The van der Waals surface area contributed by atoms with E-state index >= 15 is 0 Å². The highest BCUT2D eigenvalue weighted by atomic mass is 35.5. The third-order valence-corrected chi connectivity index (χ3v) is 8.42. The van der Waals surface area contributed by atoms with E-state index in [4.69, 9.17) is 39.1 Å². The van der Waals surface area contributed by atoms with Crippen molar-refractivity contribution in [2.75, 3.05) is 18.5 Å². The number of amides is 2. The molecule has 6 nitrogen and oxygen atoms in total. The van der Waals surface area contributed by atoms with Crippen molar-refractivity contribution in [3.05, 3.63) is 93.0 Å². The minimum Gasteiger partial charge on any atom is -0.490 e. The molecule has 8 heteroatoms. The number of fused-ring (bicyclic) bond motifs is 2. The summed E-state index contributed by atoms with van der Waals surface area (Å²) in [6, 6.07) is 17.4. The molecule has 2 fully saturated rings. The number of carbonyl (C=O) groups is 2. The lowest BCUT2D eigenvalue weighted by Crippen LogP contribution is -2.57. The molecule has 0 aliphatic carbocycles. The molecule has 39 heavy (non-hydrogen) atoms. The van der Waals surface area contributed by atoms with Gasteiger partial charge in [-0.05, 0) is 53.6 Å². The fourth-order valence-electron chi connectivity index (χ4n) is 6.21. The van der Waals surface area contributed by atoms with Gasteiger partial charge in [0, 0.05) is 52.0 Å². The number of piperidine rings is 1. The summed E-state index contributed by atoms with van der Waals surface area (Å²) in [4.78, 5) is 27.7. The van der Waals surface area contributed by atoms with E-state index in [1.165, 1.54) is 0 Å². The maximum atomic E-state index is 14.3. The standard InChI is InChI=1S/C31H26Cl2N2O4/c1-2-18-6-9-27(39-22-10-12-38-13-11-22)23(14-18)29-31(24-8-7-21(33)16-26(24)34-30(31)37)25(17-28(36)35-29)19-4-3-5-20(32)15-19/h1,3-9,14-16,22,25,29H,10-13,17H2,(H,34,37)(H,35,36). The fourth-order valence-corrected chi connectivity index (χ4v) is 6.59. The van der Waals surface area contributed by atoms with Gasteiger partial charge < -0.3 is 20.1 Å². The van der Waals surface area contributed by atoms with Crippen molar-refractivity contribution in [1.29, 1.82) is 0 Å². The van der Waals surface area contributed by atoms with E-state index in [0.717, 1.165) is 24.0 Å². The normalized spacial score (nSPS) is 24.5. The number of rotatable bonds is 4. The van der Waals surface area contributed by atoms with Crippen LogP contribution in [0.3, 0.4) is 0 Å². The first-order chi connectivity index (χ1) is 18.9. The molecule has 2 N–H and O–H groups in total. The van der Waals surface area contributed by atoms with Crippen molar-refractivity contribution in [1.82, 2.24) is 5.32 Å². The van der Waals surface area contributed by atoms with Gasteiger partial charge in [0.25, 0.3) is 0 Å². The van der Waals surface area contributed by atoms with Gasteiger partial charge >= 0.3 is 0 Å². The van der Waals surface area contributed by atoms with Gasteiger partial charge in [0.15, 0.2) is 0 Å². The van der Waals surface area contributed by atoms with Crippen molar-refractivity contribution in [2.24, 2.45) is 0 Å². The van der Waals surface area contributed by atoms with Crippen molar-refractivity contribution in [3.8, 4) is 18.1 Å². The molecule has 198 valence electrons. The van der Waals surface area contributed by atoms with Crippen molar-refractivity contribution in [2.45, 2.75) is 42.7 Å². The molecular formula is C31H26Cl2N2O4. The minimum absolute atomic E-state index is 0.0587. The quantitative estimate of drug-likeness (QED) is 0.397. The Bertz CT molecular complexity index is 1510. The second-order valence-corrected chi connectivity index (χ2v) is 11.0. The summed E-state index contributed by atoms with van der Waals surface area (Å²) in [6.07, 6.45) is 7.33. The lowest BCUT2D eigenvalue weighted by Gasteiger charge is -2.46. The van der Waals surface area contributed by atoms with E-state index in [1.807, 2.05) is 42.5 Å². The van der Waals surface area contributed by atoms with E-state index in [-0.39, 0.29) is 24.3 Å². The van der Waals surface area contributed by atoms with Crippen LogP contribution in [0.5, 0.6) is 5.75 Å². The maximum absolute atomic E-state index is 14.3. The van der Waals surface area contributed by atoms with Crippen LogP contribution in [0.25, 0.3) is 0 Å². The lowest BCUT2D eigenvalue weighted by atomic mass is 9.59. The average Bonchev–Trinajstić information content (AvgIpc) is 3.21. The zero-order valence-corrected chi connectivity index (χ0v) is 22.5. The molecular weight excluding hydrogens is 535 g/mol. The Labute approximate surface area is 237 Å². The molecule has 1 spiro atoms. The van der Waals surface area contributed by atoms with Gasteiger partial charge in [-0.15, -0.1) is 6.42 Å².